The largest absolute Gasteiger partial charge is 0.365 e. The summed E-state index contributed by atoms with van der Waals surface area (Å²) in [5.74, 6) is -0.00881. The lowest BCUT2D eigenvalue weighted by molar-refractivity contribution is -0.132. The molecule has 28 heavy (non-hydrogen) atoms. The molecule has 2 heterocycles. The number of hydrogen-bond acceptors (Lipinski definition) is 4. The molecule has 1 N–H and O–H groups in total. The van der Waals surface area contributed by atoms with Gasteiger partial charge in [0.05, 0.1) is 6.10 Å². The van der Waals surface area contributed by atoms with Gasteiger partial charge in [-0.2, -0.15) is 5.10 Å². The van der Waals surface area contributed by atoms with Crippen molar-refractivity contribution >= 4 is 11.8 Å². The van der Waals surface area contributed by atoms with E-state index in [1.807, 2.05) is 43.5 Å². The molecule has 0 aliphatic carbocycles. The van der Waals surface area contributed by atoms with E-state index >= 15 is 0 Å². The van der Waals surface area contributed by atoms with Gasteiger partial charge >= 0.3 is 0 Å². The zero-order chi connectivity index (χ0) is 19.9. The second-order valence-electron chi connectivity index (χ2n) is 7.27. The Bertz CT molecular complexity index is 791. The molecule has 1 aromatic heterocycles. The monoisotopic (exact) mass is 384 g/mol. The van der Waals surface area contributed by atoms with Crippen molar-refractivity contribution in [3.05, 3.63) is 53.9 Å². The molecule has 2 amide bonds. The predicted molar refractivity (Wildman–Crippen MR) is 105 cm³/mol. The highest BCUT2D eigenvalue weighted by molar-refractivity contribution is 5.81. The first-order valence-electron chi connectivity index (χ1n) is 9.74. The van der Waals surface area contributed by atoms with Crippen molar-refractivity contribution in [2.45, 2.75) is 58.0 Å². The van der Waals surface area contributed by atoms with Gasteiger partial charge in [0.25, 0.3) is 0 Å². The molecule has 1 aliphatic rings. The summed E-state index contributed by atoms with van der Waals surface area (Å²) in [5.41, 5.74) is 2.03. The molecule has 2 aromatic rings. The normalized spacial score (nSPS) is 18.8. The SMILES string of the molecule is C[C@@H]1CC[C@H](C(=O)NCc2ccccc2CN(C)C(=O)CCn2cccn2)O1. The molecule has 150 valence electrons. The molecule has 2 atom stereocenters. The summed E-state index contributed by atoms with van der Waals surface area (Å²) in [6, 6.07) is 9.71. The van der Waals surface area contributed by atoms with Crippen LogP contribution in [0.3, 0.4) is 0 Å². The Hall–Kier alpha value is -2.67. The average molecular weight is 384 g/mol. The van der Waals surface area contributed by atoms with Gasteiger partial charge in [-0.1, -0.05) is 24.3 Å². The molecule has 7 nitrogen and oxygen atoms in total. The summed E-state index contributed by atoms with van der Waals surface area (Å²) in [7, 11) is 1.80. The Balaban J connectivity index is 1.52. The molecule has 1 fully saturated rings. The molecular formula is C21H28N4O3. The highest BCUT2D eigenvalue weighted by Gasteiger charge is 2.27. The molecule has 0 saturated carbocycles. The molecule has 7 heteroatoms. The predicted octanol–water partition coefficient (Wildman–Crippen LogP) is 2.12. The van der Waals surface area contributed by atoms with Gasteiger partial charge in [0.2, 0.25) is 11.8 Å². The molecule has 0 bridgehead atoms. The summed E-state index contributed by atoms with van der Waals surface area (Å²) in [6.45, 7) is 3.48. The number of aromatic nitrogens is 2. The quantitative estimate of drug-likeness (QED) is 0.756. The maximum Gasteiger partial charge on any atom is 0.249 e. The van der Waals surface area contributed by atoms with Crippen LogP contribution in [-0.2, 0) is 34.0 Å². The fraction of sp³-hybridized carbons (Fsp3) is 0.476. The van der Waals surface area contributed by atoms with Crippen molar-refractivity contribution in [2.24, 2.45) is 0 Å². The van der Waals surface area contributed by atoms with Crippen molar-refractivity contribution < 1.29 is 14.3 Å². The van der Waals surface area contributed by atoms with Crippen LogP contribution in [0.25, 0.3) is 0 Å². The maximum absolute atomic E-state index is 12.4. The molecule has 1 aliphatic heterocycles. The third-order valence-corrected chi connectivity index (χ3v) is 5.04. The topological polar surface area (TPSA) is 76.5 Å². The van der Waals surface area contributed by atoms with E-state index in [0.717, 1.165) is 24.0 Å². The number of rotatable bonds is 8. The van der Waals surface area contributed by atoms with Gasteiger partial charge in [0, 0.05) is 45.5 Å². The lowest BCUT2D eigenvalue weighted by Gasteiger charge is -2.20. The fourth-order valence-electron chi connectivity index (χ4n) is 3.35. The van der Waals surface area contributed by atoms with E-state index in [1.165, 1.54) is 0 Å². The summed E-state index contributed by atoms with van der Waals surface area (Å²) < 4.78 is 7.37. The van der Waals surface area contributed by atoms with Crippen molar-refractivity contribution in [3.8, 4) is 0 Å². The van der Waals surface area contributed by atoms with Crippen molar-refractivity contribution in [1.82, 2.24) is 20.0 Å². The van der Waals surface area contributed by atoms with E-state index in [0.29, 0.717) is 26.1 Å². The lowest BCUT2D eigenvalue weighted by atomic mass is 10.1. The Labute approximate surface area is 165 Å². The number of benzene rings is 1. The minimum atomic E-state index is -0.353. The van der Waals surface area contributed by atoms with Crippen LogP contribution in [0.1, 0.15) is 37.3 Å². The first kappa shape index (κ1) is 20.1. The number of hydrogen-bond donors (Lipinski definition) is 1. The molecule has 0 spiro atoms. The van der Waals surface area contributed by atoms with Crippen LogP contribution < -0.4 is 5.32 Å². The van der Waals surface area contributed by atoms with Crippen molar-refractivity contribution in [2.75, 3.05) is 7.05 Å². The third-order valence-electron chi connectivity index (χ3n) is 5.04. The number of ether oxygens (including phenoxy) is 1. The standard InChI is InChI=1S/C21H28N4O3/c1-16-8-9-19(28-16)21(27)22-14-17-6-3-4-7-18(17)15-24(2)20(26)10-13-25-12-5-11-23-25/h3-7,11-12,16,19H,8-10,13-15H2,1-2H3,(H,22,27)/t16-,19-/m1/s1. The molecule has 1 saturated heterocycles. The zero-order valence-corrected chi connectivity index (χ0v) is 16.5. The molecule has 1 aromatic carbocycles. The lowest BCUT2D eigenvalue weighted by Crippen LogP contribution is -2.34. The Kier molecular flexibility index (Phi) is 6.81. The van der Waals surface area contributed by atoms with Gasteiger partial charge in [-0.05, 0) is 37.0 Å². The zero-order valence-electron chi connectivity index (χ0n) is 16.5. The smallest absolute Gasteiger partial charge is 0.249 e. The summed E-state index contributed by atoms with van der Waals surface area (Å²) in [6.07, 6.45) is 5.42. The Morgan fingerprint density at radius 2 is 2.04 bits per heavy atom. The van der Waals surface area contributed by atoms with Crippen molar-refractivity contribution in [3.63, 3.8) is 0 Å². The fourth-order valence-corrected chi connectivity index (χ4v) is 3.35. The number of carbonyl (C=O) groups is 2. The van der Waals surface area contributed by atoms with Gasteiger partial charge in [-0.25, -0.2) is 0 Å². The second-order valence-corrected chi connectivity index (χ2v) is 7.27. The van der Waals surface area contributed by atoms with Gasteiger partial charge in [-0.15, -0.1) is 0 Å². The minimum absolute atomic E-state index is 0.0580. The van der Waals surface area contributed by atoms with Crippen LogP contribution in [0.2, 0.25) is 0 Å². The van der Waals surface area contributed by atoms with Crippen LogP contribution in [-0.4, -0.2) is 45.8 Å². The number of amides is 2. The Morgan fingerprint density at radius 3 is 2.71 bits per heavy atom. The van der Waals surface area contributed by atoms with Crippen LogP contribution in [0, 0.1) is 0 Å². The number of carbonyl (C=O) groups excluding carboxylic acids is 2. The van der Waals surface area contributed by atoms with Crippen LogP contribution in [0.5, 0.6) is 0 Å². The highest BCUT2D eigenvalue weighted by Crippen LogP contribution is 2.19. The minimum Gasteiger partial charge on any atom is -0.365 e. The summed E-state index contributed by atoms with van der Waals surface area (Å²) in [5, 5.41) is 7.09. The molecule has 0 unspecified atom stereocenters. The van der Waals surface area contributed by atoms with Crippen LogP contribution in [0.4, 0.5) is 0 Å². The van der Waals surface area contributed by atoms with E-state index in [-0.39, 0.29) is 24.0 Å². The van der Waals surface area contributed by atoms with E-state index in [9.17, 15) is 9.59 Å². The van der Waals surface area contributed by atoms with E-state index in [4.69, 9.17) is 4.74 Å². The number of nitrogens with zero attached hydrogens (tertiary/aromatic N) is 3. The Morgan fingerprint density at radius 1 is 1.25 bits per heavy atom. The number of nitrogens with one attached hydrogen (secondary N) is 1. The van der Waals surface area contributed by atoms with Crippen LogP contribution in [0.15, 0.2) is 42.7 Å². The molecule has 0 radical (unpaired) electrons. The van der Waals surface area contributed by atoms with Crippen molar-refractivity contribution in [1.29, 1.82) is 0 Å². The highest BCUT2D eigenvalue weighted by atomic mass is 16.5. The first-order chi connectivity index (χ1) is 13.5. The summed E-state index contributed by atoms with van der Waals surface area (Å²) >= 11 is 0. The van der Waals surface area contributed by atoms with E-state index in [1.54, 1.807) is 22.8 Å². The second kappa shape index (κ2) is 9.50. The van der Waals surface area contributed by atoms with E-state index < -0.39 is 0 Å². The average Bonchev–Trinajstić information content (AvgIpc) is 3.36. The van der Waals surface area contributed by atoms with Gasteiger partial charge < -0.3 is 15.0 Å². The van der Waals surface area contributed by atoms with Gasteiger partial charge in [-0.3, -0.25) is 14.3 Å². The van der Waals surface area contributed by atoms with Gasteiger partial charge in [0.15, 0.2) is 0 Å². The molecular weight excluding hydrogens is 356 g/mol. The number of aryl methyl sites for hydroxylation is 1. The van der Waals surface area contributed by atoms with Crippen LogP contribution >= 0.6 is 0 Å². The maximum atomic E-state index is 12.4. The first-order valence-corrected chi connectivity index (χ1v) is 9.74. The molecule has 3 rings (SSSR count). The third kappa shape index (κ3) is 5.42. The van der Waals surface area contributed by atoms with E-state index in [2.05, 4.69) is 10.4 Å². The summed E-state index contributed by atoms with van der Waals surface area (Å²) in [4.78, 5) is 26.4. The van der Waals surface area contributed by atoms with Gasteiger partial charge in [0.1, 0.15) is 6.10 Å².